The van der Waals surface area contributed by atoms with Gasteiger partial charge < -0.3 is 9.15 Å². The maximum atomic E-state index is 12.8. The van der Waals surface area contributed by atoms with Gasteiger partial charge in [-0.05, 0) is 67.6 Å². The molecule has 0 aliphatic rings. The average molecular weight is 450 g/mol. The van der Waals surface area contributed by atoms with Crippen LogP contribution in [0, 0.1) is 0 Å². The van der Waals surface area contributed by atoms with E-state index in [1.54, 1.807) is 18.2 Å². The minimum Gasteiger partial charge on any atom is -0.494 e. The van der Waals surface area contributed by atoms with E-state index in [1.165, 1.54) is 15.9 Å². The van der Waals surface area contributed by atoms with Crippen molar-refractivity contribution in [2.45, 2.75) is 6.92 Å². The standard InChI is InChI=1S/C23H16ClN3O3S/c1-2-29-17-9-5-15(6-10-17)21-25-23-27(26-21)22(28)20(31-23)13-18-11-12-19(30-18)14-3-7-16(24)8-4-14/h3-13H,2H2,1H3. The van der Waals surface area contributed by atoms with Gasteiger partial charge in [0, 0.05) is 22.2 Å². The smallest absolute Gasteiger partial charge is 0.291 e. The molecule has 0 aliphatic heterocycles. The van der Waals surface area contributed by atoms with Crippen molar-refractivity contribution in [1.29, 1.82) is 0 Å². The summed E-state index contributed by atoms with van der Waals surface area (Å²) in [6.45, 7) is 2.54. The lowest BCUT2D eigenvalue weighted by Gasteiger charge is -2.02. The highest BCUT2D eigenvalue weighted by Gasteiger charge is 2.13. The van der Waals surface area contributed by atoms with Crippen LogP contribution in [0.25, 0.3) is 33.7 Å². The first-order valence-electron chi connectivity index (χ1n) is 9.61. The summed E-state index contributed by atoms with van der Waals surface area (Å²) in [7, 11) is 0. The number of aromatic nitrogens is 3. The molecular weight excluding hydrogens is 434 g/mol. The van der Waals surface area contributed by atoms with Crippen molar-refractivity contribution >= 4 is 34.0 Å². The fourth-order valence-electron chi connectivity index (χ4n) is 3.15. The number of nitrogens with zero attached hydrogens (tertiary/aromatic N) is 3. The Balaban J connectivity index is 1.46. The summed E-state index contributed by atoms with van der Waals surface area (Å²) >= 11 is 7.21. The van der Waals surface area contributed by atoms with Crippen molar-refractivity contribution in [2.24, 2.45) is 0 Å². The van der Waals surface area contributed by atoms with Crippen LogP contribution in [0.4, 0.5) is 0 Å². The summed E-state index contributed by atoms with van der Waals surface area (Å²) in [5, 5.41) is 5.05. The van der Waals surface area contributed by atoms with Gasteiger partial charge in [-0.15, -0.1) is 5.10 Å². The number of rotatable bonds is 5. The number of hydrogen-bond donors (Lipinski definition) is 0. The number of hydrogen-bond acceptors (Lipinski definition) is 6. The molecule has 0 N–H and O–H groups in total. The molecule has 8 heteroatoms. The first-order valence-corrected chi connectivity index (χ1v) is 10.8. The van der Waals surface area contributed by atoms with Crippen LogP contribution in [0.3, 0.4) is 0 Å². The monoisotopic (exact) mass is 449 g/mol. The second-order valence-corrected chi connectivity index (χ2v) is 8.16. The van der Waals surface area contributed by atoms with Crippen molar-refractivity contribution in [3.63, 3.8) is 0 Å². The van der Waals surface area contributed by atoms with Crippen LogP contribution in [-0.4, -0.2) is 21.2 Å². The van der Waals surface area contributed by atoms with Crippen molar-refractivity contribution in [3.05, 3.63) is 86.3 Å². The molecule has 3 aromatic heterocycles. The lowest BCUT2D eigenvalue weighted by Crippen LogP contribution is -2.23. The zero-order chi connectivity index (χ0) is 21.4. The highest BCUT2D eigenvalue weighted by Crippen LogP contribution is 2.24. The minimum atomic E-state index is -0.228. The third kappa shape index (κ3) is 3.85. The Morgan fingerprint density at radius 1 is 1.06 bits per heavy atom. The molecule has 0 bridgehead atoms. The van der Waals surface area contributed by atoms with Gasteiger partial charge in [-0.3, -0.25) is 4.79 Å². The molecule has 0 saturated heterocycles. The predicted octanol–water partition coefficient (Wildman–Crippen LogP) is 4.68. The number of thiazole rings is 1. The van der Waals surface area contributed by atoms with E-state index >= 15 is 0 Å². The van der Waals surface area contributed by atoms with Gasteiger partial charge in [-0.2, -0.15) is 9.50 Å². The van der Waals surface area contributed by atoms with Crippen LogP contribution in [0.15, 0.2) is 69.9 Å². The quantitative estimate of drug-likeness (QED) is 0.389. The summed E-state index contributed by atoms with van der Waals surface area (Å²) in [5.41, 5.74) is 1.51. The zero-order valence-corrected chi connectivity index (χ0v) is 18.0. The predicted molar refractivity (Wildman–Crippen MR) is 122 cm³/mol. The zero-order valence-electron chi connectivity index (χ0n) is 16.4. The topological polar surface area (TPSA) is 69.6 Å². The number of fused-ring (bicyclic) bond motifs is 1. The largest absolute Gasteiger partial charge is 0.494 e. The summed E-state index contributed by atoms with van der Waals surface area (Å²) in [4.78, 5) is 17.8. The van der Waals surface area contributed by atoms with Gasteiger partial charge in [0.1, 0.15) is 21.8 Å². The molecule has 0 aliphatic carbocycles. The molecule has 31 heavy (non-hydrogen) atoms. The fraction of sp³-hybridized carbons (Fsp3) is 0.0870. The Hall–Kier alpha value is -3.42. The molecule has 6 nitrogen and oxygen atoms in total. The van der Waals surface area contributed by atoms with Gasteiger partial charge >= 0.3 is 0 Å². The van der Waals surface area contributed by atoms with Crippen LogP contribution in [-0.2, 0) is 0 Å². The van der Waals surface area contributed by atoms with Gasteiger partial charge in [0.15, 0.2) is 5.82 Å². The maximum Gasteiger partial charge on any atom is 0.291 e. The molecule has 5 aromatic rings. The van der Waals surface area contributed by atoms with Crippen LogP contribution < -0.4 is 14.8 Å². The molecule has 3 heterocycles. The normalized spacial score (nSPS) is 12.0. The Kier molecular flexibility index (Phi) is 5.05. The lowest BCUT2D eigenvalue weighted by molar-refractivity contribution is 0.340. The molecule has 0 fully saturated rings. The van der Waals surface area contributed by atoms with Crippen LogP contribution in [0.5, 0.6) is 5.75 Å². The summed E-state index contributed by atoms with van der Waals surface area (Å²) in [6, 6.07) is 18.5. The summed E-state index contributed by atoms with van der Waals surface area (Å²) in [5.74, 6) is 2.57. The molecule has 0 radical (unpaired) electrons. The molecule has 0 amide bonds. The van der Waals surface area contributed by atoms with E-state index < -0.39 is 0 Å². The van der Waals surface area contributed by atoms with Crippen molar-refractivity contribution < 1.29 is 9.15 Å². The maximum absolute atomic E-state index is 12.8. The van der Waals surface area contributed by atoms with Gasteiger partial charge in [-0.25, -0.2) is 0 Å². The van der Waals surface area contributed by atoms with Gasteiger partial charge in [0.25, 0.3) is 5.56 Å². The first-order chi connectivity index (χ1) is 15.1. The van der Waals surface area contributed by atoms with E-state index in [1.807, 2.05) is 55.5 Å². The van der Waals surface area contributed by atoms with E-state index in [4.69, 9.17) is 20.8 Å². The highest BCUT2D eigenvalue weighted by molar-refractivity contribution is 7.15. The number of ether oxygens (including phenoxy) is 1. The molecule has 0 atom stereocenters. The molecule has 0 saturated carbocycles. The Morgan fingerprint density at radius 2 is 1.81 bits per heavy atom. The molecule has 2 aromatic carbocycles. The molecular formula is C23H16ClN3O3S. The number of furan rings is 1. The highest BCUT2D eigenvalue weighted by atomic mass is 35.5. The lowest BCUT2D eigenvalue weighted by atomic mass is 10.2. The van der Waals surface area contributed by atoms with E-state index in [0.717, 1.165) is 16.9 Å². The molecule has 0 unspecified atom stereocenters. The molecule has 0 spiro atoms. The van der Waals surface area contributed by atoms with E-state index in [0.29, 0.717) is 38.5 Å². The molecule has 154 valence electrons. The number of benzene rings is 2. The Morgan fingerprint density at radius 3 is 2.52 bits per heavy atom. The molecule has 5 rings (SSSR count). The number of halogens is 1. The second-order valence-electron chi connectivity index (χ2n) is 6.71. The van der Waals surface area contributed by atoms with Gasteiger partial charge in [-0.1, -0.05) is 22.9 Å². The summed E-state index contributed by atoms with van der Waals surface area (Å²) in [6.07, 6.45) is 1.71. The Labute approximate surface area is 186 Å². The minimum absolute atomic E-state index is 0.228. The van der Waals surface area contributed by atoms with Gasteiger partial charge in [0.2, 0.25) is 4.96 Å². The second kappa shape index (κ2) is 8.02. The van der Waals surface area contributed by atoms with Crippen LogP contribution >= 0.6 is 22.9 Å². The van der Waals surface area contributed by atoms with Gasteiger partial charge in [0.05, 0.1) is 6.61 Å². The van der Waals surface area contributed by atoms with E-state index in [9.17, 15) is 4.79 Å². The average Bonchev–Trinajstić information content (AvgIpc) is 3.47. The van der Waals surface area contributed by atoms with Crippen molar-refractivity contribution in [3.8, 4) is 28.5 Å². The SMILES string of the molecule is CCOc1ccc(-c2nc3sc(=Cc4ccc(-c5ccc(Cl)cc5)o4)c(=O)n3n2)cc1. The van der Waals surface area contributed by atoms with Crippen molar-refractivity contribution in [2.75, 3.05) is 6.61 Å². The first kappa shape index (κ1) is 19.5. The van der Waals surface area contributed by atoms with Crippen LogP contribution in [0.1, 0.15) is 12.7 Å². The van der Waals surface area contributed by atoms with Crippen LogP contribution in [0.2, 0.25) is 5.02 Å². The summed E-state index contributed by atoms with van der Waals surface area (Å²) < 4.78 is 13.2. The van der Waals surface area contributed by atoms with E-state index in [-0.39, 0.29) is 5.56 Å². The fourth-order valence-corrected chi connectivity index (χ4v) is 4.17. The van der Waals surface area contributed by atoms with E-state index in [2.05, 4.69) is 10.1 Å². The third-order valence-corrected chi connectivity index (χ3v) is 5.85. The van der Waals surface area contributed by atoms with Crippen molar-refractivity contribution in [1.82, 2.24) is 14.6 Å². The third-order valence-electron chi connectivity index (χ3n) is 4.63. The Bertz CT molecular complexity index is 1470.